The van der Waals surface area contributed by atoms with Crippen LogP contribution in [0.3, 0.4) is 0 Å². The minimum Gasteiger partial charge on any atom is -0.453 e. The number of furan rings is 1. The Labute approximate surface area is 158 Å². The minimum absolute atomic E-state index is 0.0901. The Morgan fingerprint density at radius 3 is 2.85 bits per heavy atom. The van der Waals surface area contributed by atoms with E-state index in [0.717, 1.165) is 15.2 Å². The number of aryl methyl sites for hydroxylation is 2. The summed E-state index contributed by atoms with van der Waals surface area (Å²) >= 11 is 1.55. The van der Waals surface area contributed by atoms with E-state index in [9.17, 15) is 4.79 Å². The largest absolute Gasteiger partial charge is 0.453 e. The maximum absolute atomic E-state index is 12.4. The number of benzene rings is 1. The van der Waals surface area contributed by atoms with E-state index < -0.39 is 5.56 Å². The van der Waals surface area contributed by atoms with Crippen LogP contribution >= 0.6 is 11.3 Å². The second-order valence-corrected chi connectivity index (χ2v) is 7.04. The Hall–Kier alpha value is -3.50. The second kappa shape index (κ2) is 6.67. The molecule has 0 aliphatic rings. The molecule has 4 rings (SSSR count). The highest BCUT2D eigenvalue weighted by atomic mass is 32.1. The van der Waals surface area contributed by atoms with Crippen LogP contribution in [0.4, 0.5) is 0 Å². The van der Waals surface area contributed by atoms with Crippen molar-refractivity contribution in [2.75, 3.05) is 0 Å². The number of aromatic nitrogens is 2. The lowest BCUT2D eigenvalue weighted by atomic mass is 10.1. The molecule has 6 nitrogen and oxygen atoms in total. The number of fused-ring (bicyclic) bond motifs is 1. The van der Waals surface area contributed by atoms with Crippen molar-refractivity contribution in [2.45, 2.75) is 13.8 Å². The predicted octanol–water partition coefficient (Wildman–Crippen LogP) is 4.09. The Kier molecular flexibility index (Phi) is 4.18. The van der Waals surface area contributed by atoms with Gasteiger partial charge in [-0.25, -0.2) is 9.66 Å². The van der Waals surface area contributed by atoms with Crippen molar-refractivity contribution < 1.29 is 4.42 Å². The van der Waals surface area contributed by atoms with Crippen molar-refractivity contribution in [3.63, 3.8) is 0 Å². The molecule has 0 saturated carbocycles. The minimum atomic E-state index is -0.441. The first kappa shape index (κ1) is 16.9. The molecule has 0 spiro atoms. The average molecular weight is 374 g/mol. The molecular weight excluding hydrogens is 360 g/mol. The van der Waals surface area contributed by atoms with E-state index in [2.05, 4.69) is 10.1 Å². The van der Waals surface area contributed by atoms with Gasteiger partial charge in [-0.15, -0.1) is 11.3 Å². The number of nitriles is 1. The summed E-state index contributed by atoms with van der Waals surface area (Å²) in [6, 6.07) is 15.2. The van der Waals surface area contributed by atoms with Crippen LogP contribution in [0.15, 0.2) is 56.8 Å². The third-order valence-corrected chi connectivity index (χ3v) is 5.15. The molecule has 4 aromatic rings. The Bertz CT molecular complexity index is 1250. The molecule has 0 aliphatic carbocycles. The third-order valence-electron chi connectivity index (χ3n) is 4.10. The van der Waals surface area contributed by atoms with Crippen molar-refractivity contribution in [1.82, 2.24) is 9.66 Å². The van der Waals surface area contributed by atoms with Crippen LogP contribution in [0.1, 0.15) is 22.6 Å². The fourth-order valence-corrected chi connectivity index (χ4v) is 3.72. The normalized spacial score (nSPS) is 11.3. The zero-order chi connectivity index (χ0) is 19.0. The molecule has 1 aromatic carbocycles. The Morgan fingerprint density at radius 2 is 2.07 bits per heavy atom. The smallest absolute Gasteiger partial charge is 0.289 e. The number of hydrogen-bond donors (Lipinski definition) is 0. The van der Waals surface area contributed by atoms with Crippen LogP contribution in [0.25, 0.3) is 21.0 Å². The number of rotatable bonds is 3. The lowest BCUT2D eigenvalue weighted by Gasteiger charge is -2.05. The maximum Gasteiger partial charge on any atom is 0.289 e. The molecule has 3 aromatic heterocycles. The first-order valence-electron chi connectivity index (χ1n) is 8.20. The molecule has 0 atom stereocenters. The summed E-state index contributed by atoms with van der Waals surface area (Å²) in [7, 11) is 0. The van der Waals surface area contributed by atoms with Gasteiger partial charge >= 0.3 is 0 Å². The quantitative estimate of drug-likeness (QED) is 0.506. The van der Waals surface area contributed by atoms with Crippen molar-refractivity contribution in [1.29, 1.82) is 5.26 Å². The Balaban J connectivity index is 1.67. The van der Waals surface area contributed by atoms with Crippen LogP contribution in [-0.4, -0.2) is 15.9 Å². The summed E-state index contributed by atoms with van der Waals surface area (Å²) in [5.41, 5.74) is 1.86. The molecule has 3 heterocycles. The van der Waals surface area contributed by atoms with Gasteiger partial charge in [-0.2, -0.15) is 10.4 Å². The van der Waals surface area contributed by atoms with Crippen molar-refractivity contribution >= 4 is 27.8 Å². The lowest BCUT2D eigenvalue weighted by molar-refractivity contribution is 0.573. The number of pyridine rings is 1. The van der Waals surface area contributed by atoms with E-state index in [1.807, 2.05) is 36.4 Å². The summed E-state index contributed by atoms with van der Waals surface area (Å²) < 4.78 is 8.09. The van der Waals surface area contributed by atoms with Crippen LogP contribution in [0, 0.1) is 25.2 Å². The Morgan fingerprint density at radius 1 is 1.26 bits per heavy atom. The molecule has 0 unspecified atom stereocenters. The number of hydrogen-bond acceptors (Lipinski definition) is 6. The van der Waals surface area contributed by atoms with Gasteiger partial charge in [-0.3, -0.25) is 4.79 Å². The molecule has 7 heteroatoms. The van der Waals surface area contributed by atoms with E-state index >= 15 is 0 Å². The van der Waals surface area contributed by atoms with Crippen LogP contribution in [0.2, 0.25) is 0 Å². The molecule has 0 aliphatic heterocycles. The van der Waals surface area contributed by atoms with Crippen molar-refractivity contribution in [3.05, 3.63) is 75.4 Å². The highest BCUT2D eigenvalue weighted by Crippen LogP contribution is 2.30. The molecule has 0 bridgehead atoms. The summed E-state index contributed by atoms with van der Waals surface area (Å²) in [5, 5.41) is 14.1. The fourth-order valence-electron chi connectivity index (χ4n) is 2.79. The summed E-state index contributed by atoms with van der Waals surface area (Å²) in [6.45, 7) is 3.50. The van der Waals surface area contributed by atoms with E-state index in [0.29, 0.717) is 22.8 Å². The number of para-hydroxylation sites is 1. The van der Waals surface area contributed by atoms with E-state index in [-0.39, 0.29) is 5.56 Å². The fraction of sp³-hybridized carbons (Fsp3) is 0.100. The highest BCUT2D eigenvalue weighted by Gasteiger charge is 2.11. The standard InChI is InChI=1S/C20H14N4O2S/c1-12-9-13(2)24(20(25)15(12)10-21)22-11-14-7-8-17(26-14)19-23-16-5-3-4-6-18(16)27-19/h3-9,11H,1-2H3/b22-11-. The van der Waals surface area contributed by atoms with Crippen LogP contribution in [-0.2, 0) is 0 Å². The predicted molar refractivity (Wildman–Crippen MR) is 105 cm³/mol. The molecule has 132 valence electrons. The van der Waals surface area contributed by atoms with Crippen LogP contribution < -0.4 is 5.56 Å². The second-order valence-electron chi connectivity index (χ2n) is 6.01. The van der Waals surface area contributed by atoms with E-state index in [1.54, 1.807) is 37.3 Å². The zero-order valence-electron chi connectivity index (χ0n) is 14.6. The molecule has 27 heavy (non-hydrogen) atoms. The van der Waals surface area contributed by atoms with Gasteiger partial charge in [-0.05, 0) is 49.7 Å². The average Bonchev–Trinajstić information content (AvgIpc) is 3.28. The SMILES string of the molecule is Cc1cc(C)n(/N=C\c2ccc(-c3nc4ccccc4s3)o2)c(=O)c1C#N. The number of nitrogens with zero attached hydrogens (tertiary/aromatic N) is 4. The van der Waals surface area contributed by atoms with Crippen molar-refractivity contribution in [2.24, 2.45) is 5.10 Å². The van der Waals surface area contributed by atoms with Gasteiger partial charge in [0.1, 0.15) is 17.4 Å². The van der Waals surface area contributed by atoms with Gasteiger partial charge in [0, 0.05) is 5.69 Å². The van der Waals surface area contributed by atoms with E-state index in [1.165, 1.54) is 10.9 Å². The van der Waals surface area contributed by atoms with Gasteiger partial charge in [0.2, 0.25) is 0 Å². The molecule has 0 fully saturated rings. The van der Waals surface area contributed by atoms with Gasteiger partial charge in [0.05, 0.1) is 16.4 Å². The van der Waals surface area contributed by atoms with Gasteiger partial charge in [0.25, 0.3) is 5.56 Å². The molecule has 0 saturated heterocycles. The van der Waals surface area contributed by atoms with Crippen molar-refractivity contribution in [3.8, 4) is 16.8 Å². The summed E-state index contributed by atoms with van der Waals surface area (Å²) in [6.07, 6.45) is 1.46. The molecular formula is C20H14N4O2S. The first-order chi connectivity index (χ1) is 13.1. The third kappa shape index (κ3) is 3.07. The summed E-state index contributed by atoms with van der Waals surface area (Å²) in [5.74, 6) is 1.14. The monoisotopic (exact) mass is 374 g/mol. The molecule has 0 amide bonds. The topological polar surface area (TPSA) is 84.2 Å². The summed E-state index contributed by atoms with van der Waals surface area (Å²) in [4.78, 5) is 16.9. The number of thiazole rings is 1. The zero-order valence-corrected chi connectivity index (χ0v) is 15.4. The van der Waals surface area contributed by atoms with Crippen LogP contribution in [0.5, 0.6) is 0 Å². The van der Waals surface area contributed by atoms with E-state index in [4.69, 9.17) is 9.68 Å². The van der Waals surface area contributed by atoms with Gasteiger partial charge in [0.15, 0.2) is 10.8 Å². The maximum atomic E-state index is 12.4. The first-order valence-corrected chi connectivity index (χ1v) is 9.02. The van der Waals surface area contributed by atoms with Gasteiger partial charge < -0.3 is 4.42 Å². The van der Waals surface area contributed by atoms with Gasteiger partial charge in [-0.1, -0.05) is 12.1 Å². The molecule has 0 radical (unpaired) electrons. The highest BCUT2D eigenvalue weighted by molar-refractivity contribution is 7.21. The lowest BCUT2D eigenvalue weighted by Crippen LogP contribution is -2.22. The molecule has 0 N–H and O–H groups in total.